The largest absolute Gasteiger partial charge is 0.458 e. The first-order valence-corrected chi connectivity index (χ1v) is 4.95. The van der Waals surface area contributed by atoms with Crippen LogP contribution in [0.25, 0.3) is 0 Å². The van der Waals surface area contributed by atoms with E-state index >= 15 is 0 Å². The van der Waals surface area contributed by atoms with E-state index in [4.69, 9.17) is 10.2 Å². The zero-order chi connectivity index (χ0) is 10.7. The normalized spacial score (nSPS) is 15.1. The third kappa shape index (κ3) is 2.23. The lowest BCUT2D eigenvalue weighted by Crippen LogP contribution is -2.26. The summed E-state index contributed by atoms with van der Waals surface area (Å²) in [7, 11) is 0. The Hall–Kier alpha value is -1.09. The molecule has 0 saturated heterocycles. The minimum absolute atomic E-state index is 0.139. The molecule has 0 fully saturated rings. The van der Waals surface area contributed by atoms with E-state index in [1.54, 1.807) is 13.0 Å². The van der Waals surface area contributed by atoms with Crippen molar-refractivity contribution >= 4 is 5.78 Å². The van der Waals surface area contributed by atoms with Gasteiger partial charge in [0, 0.05) is 5.92 Å². The van der Waals surface area contributed by atoms with E-state index in [0.29, 0.717) is 11.7 Å². The van der Waals surface area contributed by atoms with E-state index in [1.165, 1.54) is 0 Å². The molecule has 0 saturated carbocycles. The van der Waals surface area contributed by atoms with Gasteiger partial charge in [0.15, 0.2) is 5.76 Å². The molecule has 0 aromatic carbocycles. The zero-order valence-corrected chi connectivity index (χ0v) is 8.91. The van der Waals surface area contributed by atoms with Gasteiger partial charge in [-0.25, -0.2) is 0 Å². The molecule has 0 radical (unpaired) electrons. The number of furan rings is 1. The second kappa shape index (κ2) is 4.42. The molecule has 0 aliphatic heterocycles. The Kier molecular flexibility index (Phi) is 3.47. The highest BCUT2D eigenvalue weighted by Crippen LogP contribution is 2.21. The molecule has 0 spiro atoms. The average Bonchev–Trinajstić information content (AvgIpc) is 2.64. The lowest BCUT2D eigenvalue weighted by Gasteiger charge is -2.04. The van der Waals surface area contributed by atoms with E-state index in [2.05, 4.69) is 13.8 Å². The van der Waals surface area contributed by atoms with E-state index in [0.717, 1.165) is 12.2 Å². The lowest BCUT2D eigenvalue weighted by molar-refractivity contribution is 0.0938. The molecule has 1 heterocycles. The van der Waals surface area contributed by atoms with Crippen LogP contribution in [0.1, 0.15) is 49.4 Å². The van der Waals surface area contributed by atoms with Crippen LogP contribution in [0.3, 0.4) is 0 Å². The Morgan fingerprint density at radius 1 is 1.50 bits per heavy atom. The second-order valence-corrected chi connectivity index (χ2v) is 3.66. The van der Waals surface area contributed by atoms with Gasteiger partial charge in [-0.2, -0.15) is 0 Å². The first kappa shape index (κ1) is 11.0. The summed E-state index contributed by atoms with van der Waals surface area (Å²) >= 11 is 0. The maximum atomic E-state index is 11.4. The summed E-state index contributed by atoms with van der Waals surface area (Å²) in [5.74, 6) is 1.44. The minimum atomic E-state index is -0.495. The van der Waals surface area contributed by atoms with E-state index in [-0.39, 0.29) is 5.78 Å². The zero-order valence-electron chi connectivity index (χ0n) is 8.91. The van der Waals surface area contributed by atoms with Gasteiger partial charge < -0.3 is 10.2 Å². The van der Waals surface area contributed by atoms with Crippen LogP contribution in [0.15, 0.2) is 16.5 Å². The summed E-state index contributed by atoms with van der Waals surface area (Å²) in [4.78, 5) is 11.4. The Morgan fingerprint density at radius 2 is 2.14 bits per heavy atom. The predicted molar refractivity (Wildman–Crippen MR) is 55.4 cm³/mol. The number of carbonyl (C=O) groups excluding carboxylic acids is 1. The highest BCUT2D eigenvalue weighted by molar-refractivity contribution is 5.97. The van der Waals surface area contributed by atoms with Crippen molar-refractivity contribution in [3.8, 4) is 0 Å². The van der Waals surface area contributed by atoms with Gasteiger partial charge in [-0.3, -0.25) is 4.79 Å². The van der Waals surface area contributed by atoms with E-state index < -0.39 is 6.04 Å². The Balaban J connectivity index is 2.83. The minimum Gasteiger partial charge on any atom is -0.458 e. The Labute approximate surface area is 84.3 Å². The van der Waals surface area contributed by atoms with Crippen LogP contribution in [-0.2, 0) is 0 Å². The fourth-order valence-electron chi connectivity index (χ4n) is 1.18. The van der Waals surface area contributed by atoms with Crippen molar-refractivity contribution in [2.75, 3.05) is 0 Å². The monoisotopic (exact) mass is 195 g/mol. The van der Waals surface area contributed by atoms with Crippen LogP contribution < -0.4 is 5.73 Å². The first-order valence-electron chi connectivity index (χ1n) is 4.95. The van der Waals surface area contributed by atoms with Gasteiger partial charge in [0.2, 0.25) is 5.78 Å². The molecule has 1 rings (SSSR count). The van der Waals surface area contributed by atoms with Crippen molar-refractivity contribution in [2.24, 2.45) is 5.73 Å². The summed E-state index contributed by atoms with van der Waals surface area (Å²) in [5.41, 5.74) is 5.48. The molecule has 1 aromatic rings. The molecule has 3 nitrogen and oxygen atoms in total. The predicted octanol–water partition coefficient (Wildman–Crippen LogP) is 2.32. The van der Waals surface area contributed by atoms with Gasteiger partial charge in [0.25, 0.3) is 0 Å². The molecule has 2 unspecified atom stereocenters. The Morgan fingerprint density at radius 3 is 2.64 bits per heavy atom. The van der Waals surface area contributed by atoms with Crippen LogP contribution in [-0.4, -0.2) is 11.8 Å². The van der Waals surface area contributed by atoms with Crippen LogP contribution in [0, 0.1) is 0 Å². The highest BCUT2D eigenvalue weighted by atomic mass is 16.3. The quantitative estimate of drug-likeness (QED) is 0.750. The number of Topliss-reactive ketones (excluding diaryl/α,β-unsaturated/α-hetero) is 1. The molecule has 78 valence electrons. The number of hydrogen-bond acceptors (Lipinski definition) is 3. The van der Waals surface area contributed by atoms with Crippen molar-refractivity contribution < 1.29 is 9.21 Å². The van der Waals surface area contributed by atoms with Crippen LogP contribution in [0.4, 0.5) is 0 Å². The summed E-state index contributed by atoms with van der Waals surface area (Å²) in [5, 5.41) is 0. The van der Waals surface area contributed by atoms with Crippen molar-refractivity contribution in [1.82, 2.24) is 0 Å². The molecule has 0 bridgehead atoms. The number of hydrogen-bond donors (Lipinski definition) is 1. The van der Waals surface area contributed by atoms with E-state index in [9.17, 15) is 4.79 Å². The maximum absolute atomic E-state index is 11.4. The van der Waals surface area contributed by atoms with Gasteiger partial charge >= 0.3 is 0 Å². The molecule has 0 aliphatic carbocycles. The second-order valence-electron chi connectivity index (χ2n) is 3.66. The summed E-state index contributed by atoms with van der Waals surface area (Å²) in [6.07, 6.45) is 0.999. The average molecular weight is 195 g/mol. The van der Waals surface area contributed by atoms with Crippen LogP contribution in [0.5, 0.6) is 0 Å². The standard InChI is InChI=1S/C11H17NO2/c1-4-7(2)9-5-6-10(14-9)11(13)8(3)12/h5-8H,4,12H2,1-3H3. The van der Waals surface area contributed by atoms with Gasteiger partial charge in [-0.05, 0) is 25.5 Å². The molecule has 2 atom stereocenters. The lowest BCUT2D eigenvalue weighted by atomic mass is 10.1. The van der Waals surface area contributed by atoms with Crippen molar-refractivity contribution in [2.45, 2.75) is 39.2 Å². The molecule has 0 aliphatic rings. The summed E-state index contributed by atoms with van der Waals surface area (Å²) in [6.45, 7) is 5.81. The highest BCUT2D eigenvalue weighted by Gasteiger charge is 2.16. The first-order chi connectivity index (χ1) is 6.56. The fourth-order valence-corrected chi connectivity index (χ4v) is 1.18. The molecular weight excluding hydrogens is 178 g/mol. The molecule has 0 amide bonds. The van der Waals surface area contributed by atoms with E-state index in [1.807, 2.05) is 6.07 Å². The van der Waals surface area contributed by atoms with Gasteiger partial charge in [-0.15, -0.1) is 0 Å². The fraction of sp³-hybridized carbons (Fsp3) is 0.545. The molecule has 1 aromatic heterocycles. The number of rotatable bonds is 4. The summed E-state index contributed by atoms with van der Waals surface area (Å²) in [6, 6.07) is 3.06. The third-order valence-corrected chi connectivity index (χ3v) is 2.38. The van der Waals surface area contributed by atoms with Gasteiger partial charge in [-0.1, -0.05) is 13.8 Å². The maximum Gasteiger partial charge on any atom is 0.214 e. The molecule has 14 heavy (non-hydrogen) atoms. The Bertz CT molecular complexity index is 315. The van der Waals surface area contributed by atoms with Gasteiger partial charge in [0.1, 0.15) is 5.76 Å². The number of ketones is 1. The number of nitrogens with two attached hydrogens (primary N) is 1. The molecule has 3 heteroatoms. The van der Waals surface area contributed by atoms with Gasteiger partial charge in [0.05, 0.1) is 6.04 Å². The number of carbonyl (C=O) groups is 1. The third-order valence-electron chi connectivity index (χ3n) is 2.38. The van der Waals surface area contributed by atoms with Crippen LogP contribution in [0.2, 0.25) is 0 Å². The summed E-state index contributed by atoms with van der Waals surface area (Å²) < 4.78 is 5.43. The van der Waals surface area contributed by atoms with Crippen molar-refractivity contribution in [3.63, 3.8) is 0 Å². The smallest absolute Gasteiger partial charge is 0.214 e. The van der Waals surface area contributed by atoms with Crippen LogP contribution >= 0.6 is 0 Å². The topological polar surface area (TPSA) is 56.2 Å². The molecular formula is C11H17NO2. The van der Waals surface area contributed by atoms with Crippen molar-refractivity contribution in [1.29, 1.82) is 0 Å². The molecule has 2 N–H and O–H groups in total. The SMILES string of the molecule is CCC(C)c1ccc(C(=O)C(C)N)o1. The van der Waals surface area contributed by atoms with Crippen molar-refractivity contribution in [3.05, 3.63) is 23.7 Å².